The first-order valence-corrected chi connectivity index (χ1v) is 11.7. The molecule has 3 aromatic carbocycles. The van der Waals surface area contributed by atoms with Crippen molar-refractivity contribution < 1.29 is 38.4 Å². The van der Waals surface area contributed by atoms with Crippen molar-refractivity contribution in [2.45, 2.75) is 13.0 Å². The van der Waals surface area contributed by atoms with E-state index in [1.54, 1.807) is 42.5 Å². The number of aliphatic hydroxyl groups is 1. The molecule has 1 unspecified atom stereocenters. The van der Waals surface area contributed by atoms with Gasteiger partial charge in [-0.1, -0.05) is 18.2 Å². The number of carbonyl (C=O) groups is 2. The molecule has 4 rings (SSSR count). The van der Waals surface area contributed by atoms with Crippen molar-refractivity contribution in [1.82, 2.24) is 0 Å². The van der Waals surface area contributed by atoms with Gasteiger partial charge in [-0.05, 0) is 48.4 Å². The number of benzene rings is 3. The lowest BCUT2D eigenvalue weighted by molar-refractivity contribution is -0.132. The summed E-state index contributed by atoms with van der Waals surface area (Å²) in [6, 6.07) is 14.3. The number of hydrogen-bond donors (Lipinski definition) is 1. The van der Waals surface area contributed by atoms with E-state index in [-0.39, 0.29) is 16.9 Å². The Hall–Kier alpha value is -4.66. The smallest absolute Gasteiger partial charge is 0.300 e. The van der Waals surface area contributed by atoms with Crippen LogP contribution in [0.3, 0.4) is 0 Å². The number of para-hydroxylation sites is 1. The molecular formula is C29H29NO8. The van der Waals surface area contributed by atoms with Gasteiger partial charge < -0.3 is 28.8 Å². The molecule has 9 nitrogen and oxygen atoms in total. The lowest BCUT2D eigenvalue weighted by Crippen LogP contribution is -2.30. The molecule has 1 fully saturated rings. The number of Topliss-reactive ketones (excluding diaryl/α,β-unsaturated/α-hetero) is 1. The zero-order valence-electron chi connectivity index (χ0n) is 22.0. The first-order chi connectivity index (χ1) is 18.3. The van der Waals surface area contributed by atoms with E-state index < -0.39 is 23.5 Å². The largest absolute Gasteiger partial charge is 0.507 e. The van der Waals surface area contributed by atoms with E-state index in [9.17, 15) is 14.7 Å². The Morgan fingerprint density at radius 1 is 0.789 bits per heavy atom. The highest BCUT2D eigenvalue weighted by Gasteiger charge is 2.48. The summed E-state index contributed by atoms with van der Waals surface area (Å²) in [6.07, 6.45) is 0. The van der Waals surface area contributed by atoms with Crippen molar-refractivity contribution in [3.63, 3.8) is 0 Å². The summed E-state index contributed by atoms with van der Waals surface area (Å²) >= 11 is 0. The van der Waals surface area contributed by atoms with E-state index in [0.29, 0.717) is 34.2 Å². The fraction of sp³-hybridized carbons (Fsp3) is 0.241. The second-order valence-corrected chi connectivity index (χ2v) is 8.48. The Balaban J connectivity index is 2.05. The summed E-state index contributed by atoms with van der Waals surface area (Å²) in [5.74, 6) is -0.235. The highest BCUT2D eigenvalue weighted by molar-refractivity contribution is 6.51. The van der Waals surface area contributed by atoms with Crippen LogP contribution in [0.5, 0.6) is 28.7 Å². The molecule has 1 aliphatic rings. The number of methoxy groups -OCH3 is 5. The number of rotatable bonds is 8. The van der Waals surface area contributed by atoms with Crippen LogP contribution in [-0.4, -0.2) is 52.3 Å². The van der Waals surface area contributed by atoms with Crippen LogP contribution in [-0.2, 0) is 9.59 Å². The minimum Gasteiger partial charge on any atom is -0.507 e. The Morgan fingerprint density at radius 2 is 1.42 bits per heavy atom. The first kappa shape index (κ1) is 26.4. The van der Waals surface area contributed by atoms with Crippen LogP contribution in [0.1, 0.15) is 22.7 Å². The minimum absolute atomic E-state index is 0.115. The number of aryl methyl sites for hydroxylation is 1. The van der Waals surface area contributed by atoms with Crippen LogP contribution >= 0.6 is 0 Å². The summed E-state index contributed by atoms with van der Waals surface area (Å²) < 4.78 is 27.2. The molecule has 0 saturated carbocycles. The highest BCUT2D eigenvalue weighted by atomic mass is 16.5. The number of anilines is 1. The van der Waals surface area contributed by atoms with E-state index in [4.69, 9.17) is 23.7 Å². The molecular weight excluding hydrogens is 490 g/mol. The van der Waals surface area contributed by atoms with Crippen molar-refractivity contribution in [2.75, 3.05) is 40.4 Å². The summed E-state index contributed by atoms with van der Waals surface area (Å²) in [7, 11) is 7.37. The minimum atomic E-state index is -1.02. The van der Waals surface area contributed by atoms with Crippen molar-refractivity contribution in [3.8, 4) is 28.7 Å². The molecule has 3 aromatic rings. The van der Waals surface area contributed by atoms with Crippen LogP contribution in [0, 0.1) is 6.92 Å². The normalized spacial score (nSPS) is 16.4. The molecule has 0 radical (unpaired) electrons. The lowest BCUT2D eigenvalue weighted by atomic mass is 9.94. The van der Waals surface area contributed by atoms with Gasteiger partial charge in [0.2, 0.25) is 5.75 Å². The third-order valence-electron chi connectivity index (χ3n) is 6.49. The first-order valence-electron chi connectivity index (χ1n) is 11.7. The predicted molar refractivity (Wildman–Crippen MR) is 142 cm³/mol. The fourth-order valence-corrected chi connectivity index (χ4v) is 4.63. The molecule has 0 aromatic heterocycles. The molecule has 198 valence electrons. The molecule has 0 bridgehead atoms. The summed E-state index contributed by atoms with van der Waals surface area (Å²) in [5.41, 5.74) is 1.88. The fourth-order valence-electron chi connectivity index (χ4n) is 4.63. The van der Waals surface area contributed by atoms with Gasteiger partial charge >= 0.3 is 0 Å². The van der Waals surface area contributed by atoms with E-state index in [1.807, 2.05) is 19.1 Å². The number of nitrogens with zero attached hydrogens (tertiary/aromatic N) is 1. The molecule has 38 heavy (non-hydrogen) atoms. The third kappa shape index (κ3) is 4.36. The SMILES string of the molecule is COc1ccc(/C(O)=C2\C(=O)C(=O)N(c3ccccc3C)C2c2cc(OC)c(OC)c(OC)c2)c(OC)c1. The Bertz CT molecular complexity index is 1400. The maximum absolute atomic E-state index is 13.6. The number of hydrogen-bond acceptors (Lipinski definition) is 8. The van der Waals surface area contributed by atoms with Crippen molar-refractivity contribution in [3.05, 3.63) is 76.9 Å². The van der Waals surface area contributed by atoms with Crippen LogP contribution in [0.4, 0.5) is 5.69 Å². The molecule has 9 heteroatoms. The Kier molecular flexibility index (Phi) is 7.47. The zero-order chi connectivity index (χ0) is 27.6. The van der Waals surface area contributed by atoms with Gasteiger partial charge in [-0.3, -0.25) is 14.5 Å². The monoisotopic (exact) mass is 519 g/mol. The van der Waals surface area contributed by atoms with Gasteiger partial charge in [0.25, 0.3) is 11.7 Å². The van der Waals surface area contributed by atoms with Crippen LogP contribution in [0.25, 0.3) is 5.76 Å². The quantitative estimate of drug-likeness (QED) is 0.260. The average Bonchev–Trinajstić information content (AvgIpc) is 3.21. The number of carbonyl (C=O) groups excluding carboxylic acids is 2. The average molecular weight is 520 g/mol. The van der Waals surface area contributed by atoms with Gasteiger partial charge in [-0.2, -0.15) is 0 Å². The topological polar surface area (TPSA) is 104 Å². The van der Waals surface area contributed by atoms with Gasteiger partial charge in [-0.25, -0.2) is 0 Å². The van der Waals surface area contributed by atoms with Crippen LogP contribution in [0.15, 0.2) is 60.2 Å². The van der Waals surface area contributed by atoms with Crippen LogP contribution in [0.2, 0.25) is 0 Å². The van der Waals surface area contributed by atoms with Gasteiger partial charge in [0, 0.05) is 11.8 Å². The second-order valence-electron chi connectivity index (χ2n) is 8.48. The maximum Gasteiger partial charge on any atom is 0.300 e. The second kappa shape index (κ2) is 10.8. The van der Waals surface area contributed by atoms with Crippen molar-refractivity contribution in [2.24, 2.45) is 0 Å². The summed E-state index contributed by atoms with van der Waals surface area (Å²) in [5, 5.41) is 11.6. The molecule has 0 spiro atoms. The Labute approximate surface area is 220 Å². The number of ether oxygens (including phenoxy) is 5. The van der Waals surface area contributed by atoms with Gasteiger partial charge in [-0.15, -0.1) is 0 Å². The molecule has 0 aliphatic carbocycles. The standard InChI is InChI=1S/C29H29NO8/c1-16-9-7-8-10-20(16)30-25(17-13-22(36-4)28(38-6)23(14-17)37-5)24(27(32)29(30)33)26(31)19-12-11-18(34-2)15-21(19)35-3/h7-15,25,31H,1-6H3/b26-24+. The molecule has 1 saturated heterocycles. The van der Waals surface area contributed by atoms with E-state index in [1.165, 1.54) is 40.4 Å². The van der Waals surface area contributed by atoms with Crippen molar-refractivity contribution in [1.29, 1.82) is 0 Å². The molecule has 1 N–H and O–H groups in total. The van der Waals surface area contributed by atoms with Gasteiger partial charge in [0.05, 0.1) is 52.7 Å². The number of amides is 1. The number of aliphatic hydroxyl groups excluding tert-OH is 1. The van der Waals surface area contributed by atoms with E-state index in [2.05, 4.69) is 0 Å². The highest BCUT2D eigenvalue weighted by Crippen LogP contribution is 2.48. The van der Waals surface area contributed by atoms with Crippen molar-refractivity contribution >= 4 is 23.1 Å². The summed E-state index contributed by atoms with van der Waals surface area (Å²) in [6.45, 7) is 1.84. The molecule has 1 atom stereocenters. The van der Waals surface area contributed by atoms with Crippen LogP contribution < -0.4 is 28.6 Å². The van der Waals surface area contributed by atoms with E-state index in [0.717, 1.165) is 5.56 Å². The van der Waals surface area contributed by atoms with Gasteiger partial charge in [0.15, 0.2) is 11.5 Å². The predicted octanol–water partition coefficient (Wildman–Crippen LogP) is 4.66. The number of ketones is 1. The third-order valence-corrected chi connectivity index (χ3v) is 6.49. The Morgan fingerprint density at radius 3 is 1.97 bits per heavy atom. The molecule has 1 amide bonds. The molecule has 1 heterocycles. The lowest BCUT2D eigenvalue weighted by Gasteiger charge is -2.28. The van der Waals surface area contributed by atoms with E-state index >= 15 is 0 Å². The molecule has 1 aliphatic heterocycles. The summed E-state index contributed by atoms with van der Waals surface area (Å²) in [4.78, 5) is 28.5. The zero-order valence-corrected chi connectivity index (χ0v) is 22.0. The van der Waals surface area contributed by atoms with Gasteiger partial charge in [0.1, 0.15) is 17.3 Å². The maximum atomic E-state index is 13.6.